The van der Waals surface area contributed by atoms with Gasteiger partial charge in [0.1, 0.15) is 11.5 Å². The van der Waals surface area contributed by atoms with Gasteiger partial charge in [0.2, 0.25) is 0 Å². The number of carbonyl (C=O) groups excluding carboxylic acids is 1. The quantitative estimate of drug-likeness (QED) is 0.562. The fourth-order valence-corrected chi connectivity index (χ4v) is 2.31. The van der Waals surface area contributed by atoms with Gasteiger partial charge in [-0.1, -0.05) is 15.9 Å². The number of anilines is 1. The molecule has 114 valence electrons. The average Bonchev–Trinajstić information content (AvgIpc) is 2.49. The Balaban J connectivity index is 2.06. The second-order valence-electron chi connectivity index (χ2n) is 4.30. The number of halogens is 1. The summed E-state index contributed by atoms with van der Waals surface area (Å²) in [4.78, 5) is 12.3. The maximum Gasteiger partial charge on any atom is 0.261 e. The summed E-state index contributed by atoms with van der Waals surface area (Å²) in [5.41, 5.74) is 1.02. The monoisotopic (exact) mass is 380 g/mol. The van der Waals surface area contributed by atoms with Gasteiger partial charge in [-0.2, -0.15) is 0 Å². The Hall–Kier alpha value is -2.12. The van der Waals surface area contributed by atoms with Crippen LogP contribution < -0.4 is 15.4 Å². The lowest BCUT2D eigenvalue weighted by Gasteiger charge is -2.12. The van der Waals surface area contributed by atoms with Crippen LogP contribution in [0.5, 0.6) is 11.5 Å². The first-order valence-electron chi connectivity index (χ1n) is 6.24. The van der Waals surface area contributed by atoms with Crippen LogP contribution in [0.25, 0.3) is 0 Å². The number of hydrogen-bond acceptors (Lipinski definition) is 4. The second kappa shape index (κ2) is 7.24. The van der Waals surface area contributed by atoms with E-state index in [0.717, 1.165) is 4.47 Å². The highest BCUT2D eigenvalue weighted by atomic mass is 79.9. The van der Waals surface area contributed by atoms with Crippen molar-refractivity contribution in [1.82, 2.24) is 5.32 Å². The normalized spacial score (nSPS) is 9.91. The summed E-state index contributed by atoms with van der Waals surface area (Å²) in [6.07, 6.45) is 0. The van der Waals surface area contributed by atoms with Gasteiger partial charge >= 0.3 is 0 Å². The molecular formula is C15H13BrN2O3S. The highest BCUT2D eigenvalue weighted by Gasteiger charge is 2.14. The molecule has 0 bridgehead atoms. The molecule has 0 heterocycles. The van der Waals surface area contributed by atoms with Crippen molar-refractivity contribution in [3.8, 4) is 11.5 Å². The lowest BCUT2D eigenvalue weighted by Crippen LogP contribution is -2.34. The summed E-state index contributed by atoms with van der Waals surface area (Å²) in [5, 5.41) is 14.8. The molecule has 22 heavy (non-hydrogen) atoms. The van der Waals surface area contributed by atoms with E-state index in [0.29, 0.717) is 17.0 Å². The highest BCUT2D eigenvalue weighted by molar-refractivity contribution is 9.10. The largest absolute Gasteiger partial charge is 0.508 e. The van der Waals surface area contributed by atoms with Gasteiger partial charge in [-0.3, -0.25) is 10.1 Å². The van der Waals surface area contributed by atoms with Gasteiger partial charge < -0.3 is 15.2 Å². The molecule has 0 aliphatic carbocycles. The van der Waals surface area contributed by atoms with Crippen molar-refractivity contribution in [2.45, 2.75) is 0 Å². The van der Waals surface area contributed by atoms with Gasteiger partial charge in [0.15, 0.2) is 5.11 Å². The third-order valence-electron chi connectivity index (χ3n) is 2.76. The number of ether oxygens (including phenoxy) is 1. The lowest BCUT2D eigenvalue weighted by atomic mass is 10.2. The summed E-state index contributed by atoms with van der Waals surface area (Å²) >= 11 is 8.41. The second-order valence-corrected chi connectivity index (χ2v) is 5.62. The Morgan fingerprint density at radius 1 is 1.23 bits per heavy atom. The number of hydrogen-bond donors (Lipinski definition) is 3. The first-order valence-corrected chi connectivity index (χ1v) is 7.44. The van der Waals surface area contributed by atoms with Crippen molar-refractivity contribution in [3.63, 3.8) is 0 Å². The molecule has 0 saturated carbocycles. The number of amides is 1. The van der Waals surface area contributed by atoms with E-state index in [4.69, 9.17) is 17.0 Å². The number of phenols is 1. The number of aromatic hydroxyl groups is 1. The van der Waals surface area contributed by atoms with Crippen LogP contribution in [0.1, 0.15) is 10.4 Å². The molecule has 7 heteroatoms. The average molecular weight is 381 g/mol. The third-order valence-corrected chi connectivity index (χ3v) is 3.46. The fourth-order valence-electron chi connectivity index (χ4n) is 1.74. The molecular weight excluding hydrogens is 368 g/mol. The fraction of sp³-hybridized carbons (Fsp3) is 0.0667. The molecule has 2 aromatic rings. The van der Waals surface area contributed by atoms with Gasteiger partial charge in [0.05, 0.1) is 12.7 Å². The number of nitrogens with one attached hydrogen (secondary N) is 2. The molecule has 0 saturated heterocycles. The van der Waals surface area contributed by atoms with E-state index < -0.39 is 0 Å². The minimum atomic E-state index is -0.380. The minimum absolute atomic E-state index is 0.151. The summed E-state index contributed by atoms with van der Waals surface area (Å²) in [6, 6.07) is 11.4. The van der Waals surface area contributed by atoms with Crippen molar-refractivity contribution < 1.29 is 14.6 Å². The molecule has 0 aromatic heterocycles. The zero-order valence-electron chi connectivity index (χ0n) is 11.6. The van der Waals surface area contributed by atoms with Gasteiger partial charge in [-0.15, -0.1) is 0 Å². The molecule has 0 radical (unpaired) electrons. The van der Waals surface area contributed by atoms with E-state index in [2.05, 4.69) is 26.6 Å². The Bertz CT molecular complexity index is 704. The van der Waals surface area contributed by atoms with E-state index in [1.165, 1.54) is 19.2 Å². The van der Waals surface area contributed by atoms with Crippen LogP contribution in [0, 0.1) is 0 Å². The molecule has 5 nitrogen and oxygen atoms in total. The Morgan fingerprint density at radius 3 is 2.55 bits per heavy atom. The molecule has 0 aliphatic rings. The Labute approximate surface area is 141 Å². The van der Waals surface area contributed by atoms with E-state index in [-0.39, 0.29) is 16.8 Å². The van der Waals surface area contributed by atoms with E-state index in [1.807, 2.05) is 0 Å². The molecule has 1 amide bonds. The predicted molar refractivity (Wildman–Crippen MR) is 92.5 cm³/mol. The van der Waals surface area contributed by atoms with Crippen molar-refractivity contribution >= 4 is 44.9 Å². The number of phenolic OH excluding ortho intramolecular Hbond substituents is 1. The topological polar surface area (TPSA) is 70.6 Å². The molecule has 0 spiro atoms. The van der Waals surface area contributed by atoms with Gasteiger partial charge in [-0.05, 0) is 54.7 Å². The van der Waals surface area contributed by atoms with Gasteiger partial charge in [-0.25, -0.2) is 0 Å². The summed E-state index contributed by atoms with van der Waals surface area (Å²) in [7, 11) is 1.49. The van der Waals surface area contributed by atoms with Gasteiger partial charge in [0, 0.05) is 10.2 Å². The first kappa shape index (κ1) is 16.3. The van der Waals surface area contributed by atoms with Gasteiger partial charge in [0.25, 0.3) is 5.91 Å². The third kappa shape index (κ3) is 4.19. The van der Waals surface area contributed by atoms with E-state index in [1.54, 1.807) is 30.3 Å². The van der Waals surface area contributed by atoms with Crippen LogP contribution in [0.4, 0.5) is 5.69 Å². The molecule has 0 fully saturated rings. The number of benzene rings is 2. The molecule has 2 aromatic carbocycles. The van der Waals surface area contributed by atoms with Crippen LogP contribution in [-0.2, 0) is 0 Å². The summed E-state index contributed by atoms with van der Waals surface area (Å²) < 4.78 is 5.92. The summed E-state index contributed by atoms with van der Waals surface area (Å²) in [6.45, 7) is 0. The molecule has 0 aliphatic heterocycles. The molecule has 0 unspecified atom stereocenters. The zero-order chi connectivity index (χ0) is 16.1. The molecule has 2 rings (SSSR count). The Kier molecular flexibility index (Phi) is 5.35. The van der Waals surface area contributed by atoms with Crippen molar-refractivity contribution in [3.05, 3.63) is 52.5 Å². The number of carbonyl (C=O) groups is 1. The maximum absolute atomic E-state index is 12.3. The van der Waals surface area contributed by atoms with Crippen molar-refractivity contribution in [2.24, 2.45) is 0 Å². The van der Waals surface area contributed by atoms with Crippen LogP contribution in [0.3, 0.4) is 0 Å². The van der Waals surface area contributed by atoms with Crippen molar-refractivity contribution in [2.75, 3.05) is 12.4 Å². The number of thiocarbonyl (C=S) groups is 1. The van der Waals surface area contributed by atoms with E-state index >= 15 is 0 Å². The smallest absolute Gasteiger partial charge is 0.261 e. The zero-order valence-corrected chi connectivity index (χ0v) is 14.0. The minimum Gasteiger partial charge on any atom is -0.508 e. The molecule has 3 N–H and O–H groups in total. The Morgan fingerprint density at radius 2 is 1.91 bits per heavy atom. The van der Waals surface area contributed by atoms with Crippen LogP contribution in [0.2, 0.25) is 0 Å². The number of rotatable bonds is 3. The van der Waals surface area contributed by atoms with Crippen LogP contribution in [-0.4, -0.2) is 23.2 Å². The standard InChI is InChI=1S/C15H13BrN2O3S/c1-21-13-7-2-9(16)8-12(13)14(20)18-15(22)17-10-3-5-11(19)6-4-10/h2-8,19H,1H3,(H2,17,18,20,22). The van der Waals surface area contributed by atoms with E-state index in [9.17, 15) is 9.90 Å². The highest BCUT2D eigenvalue weighted by Crippen LogP contribution is 2.22. The maximum atomic E-state index is 12.3. The summed E-state index contributed by atoms with van der Waals surface area (Å²) in [5.74, 6) is 0.224. The van der Waals surface area contributed by atoms with Crippen LogP contribution >= 0.6 is 28.1 Å². The SMILES string of the molecule is COc1ccc(Br)cc1C(=O)NC(=S)Nc1ccc(O)cc1. The predicted octanol–water partition coefficient (Wildman–Crippen LogP) is 3.29. The first-order chi connectivity index (χ1) is 10.5. The number of methoxy groups -OCH3 is 1. The van der Waals surface area contributed by atoms with Crippen LogP contribution in [0.15, 0.2) is 46.9 Å². The van der Waals surface area contributed by atoms with Crippen molar-refractivity contribution in [1.29, 1.82) is 0 Å². The molecule has 0 atom stereocenters. The lowest BCUT2D eigenvalue weighted by molar-refractivity contribution is 0.0974.